The molecule has 94 valence electrons. The largest absolute Gasteiger partial charge is 0.383 e. The number of aromatic amines is 1. The Kier molecular flexibility index (Phi) is 3.42. The zero-order chi connectivity index (χ0) is 12.4. The van der Waals surface area contributed by atoms with Crippen LogP contribution in [0.15, 0.2) is 6.33 Å². The molecule has 0 radical (unpaired) electrons. The number of nitrogens with zero attached hydrogens (tertiary/aromatic N) is 3. The average molecular weight is 238 g/mol. The van der Waals surface area contributed by atoms with Gasteiger partial charge in [-0.2, -0.15) is 5.10 Å². The van der Waals surface area contributed by atoms with E-state index in [0.717, 1.165) is 12.2 Å². The lowest BCUT2D eigenvalue weighted by Crippen LogP contribution is -2.40. The first-order valence-corrected chi connectivity index (χ1v) is 5.91. The SMILES string of the molecule is CC(C)[C@@H](O)C(=O)N1CCC(c2ncn[nH]2)C1. The van der Waals surface area contributed by atoms with E-state index in [1.165, 1.54) is 6.33 Å². The van der Waals surface area contributed by atoms with Crippen molar-refractivity contribution in [3.05, 3.63) is 12.2 Å². The molecule has 0 bridgehead atoms. The third-order valence-corrected chi connectivity index (χ3v) is 3.20. The number of rotatable bonds is 3. The number of hydrogen-bond acceptors (Lipinski definition) is 4. The number of hydrogen-bond donors (Lipinski definition) is 2. The molecule has 6 nitrogen and oxygen atoms in total. The van der Waals surface area contributed by atoms with Gasteiger partial charge in [-0.05, 0) is 12.3 Å². The molecule has 17 heavy (non-hydrogen) atoms. The van der Waals surface area contributed by atoms with E-state index < -0.39 is 6.10 Å². The molecule has 0 spiro atoms. The molecular formula is C11H18N4O2. The number of aliphatic hydroxyl groups is 1. The Labute approximate surface area is 100 Å². The molecule has 1 aliphatic heterocycles. The second-order valence-corrected chi connectivity index (χ2v) is 4.83. The van der Waals surface area contributed by atoms with Gasteiger partial charge in [0.05, 0.1) is 0 Å². The van der Waals surface area contributed by atoms with E-state index in [4.69, 9.17) is 0 Å². The summed E-state index contributed by atoms with van der Waals surface area (Å²) in [4.78, 5) is 17.7. The summed E-state index contributed by atoms with van der Waals surface area (Å²) in [5, 5.41) is 16.4. The van der Waals surface area contributed by atoms with Crippen LogP contribution in [0.3, 0.4) is 0 Å². The number of nitrogens with one attached hydrogen (secondary N) is 1. The zero-order valence-corrected chi connectivity index (χ0v) is 10.1. The van der Waals surface area contributed by atoms with Gasteiger partial charge in [-0.3, -0.25) is 9.89 Å². The fourth-order valence-electron chi connectivity index (χ4n) is 2.07. The van der Waals surface area contributed by atoms with Crippen molar-refractivity contribution in [3.8, 4) is 0 Å². The minimum Gasteiger partial charge on any atom is -0.383 e. The number of carbonyl (C=O) groups is 1. The van der Waals surface area contributed by atoms with Gasteiger partial charge in [-0.15, -0.1) is 0 Å². The molecule has 1 amide bonds. The lowest BCUT2D eigenvalue weighted by molar-refractivity contribution is -0.141. The summed E-state index contributed by atoms with van der Waals surface area (Å²) in [7, 11) is 0. The molecule has 2 heterocycles. The van der Waals surface area contributed by atoms with Crippen LogP contribution in [0, 0.1) is 5.92 Å². The lowest BCUT2D eigenvalue weighted by Gasteiger charge is -2.22. The van der Waals surface area contributed by atoms with Crippen LogP contribution in [0.25, 0.3) is 0 Å². The van der Waals surface area contributed by atoms with Gasteiger partial charge in [0.2, 0.25) is 0 Å². The van der Waals surface area contributed by atoms with Crippen molar-refractivity contribution < 1.29 is 9.90 Å². The van der Waals surface area contributed by atoms with Crippen LogP contribution in [0.4, 0.5) is 0 Å². The van der Waals surface area contributed by atoms with Crippen molar-refractivity contribution in [2.24, 2.45) is 5.92 Å². The number of carbonyl (C=O) groups excluding carboxylic acids is 1. The monoisotopic (exact) mass is 238 g/mol. The van der Waals surface area contributed by atoms with Gasteiger partial charge in [-0.1, -0.05) is 13.8 Å². The van der Waals surface area contributed by atoms with E-state index in [9.17, 15) is 9.90 Å². The standard InChI is InChI=1S/C11H18N4O2/c1-7(2)9(16)11(17)15-4-3-8(5-15)10-12-6-13-14-10/h6-9,16H,3-5H2,1-2H3,(H,12,13,14)/t8?,9-/m1/s1. The molecule has 1 aromatic rings. The quantitative estimate of drug-likeness (QED) is 0.784. The van der Waals surface area contributed by atoms with Crippen molar-refractivity contribution in [2.75, 3.05) is 13.1 Å². The van der Waals surface area contributed by atoms with Crippen LogP contribution in [0.2, 0.25) is 0 Å². The van der Waals surface area contributed by atoms with Crippen LogP contribution in [-0.4, -0.2) is 50.3 Å². The summed E-state index contributed by atoms with van der Waals surface area (Å²) in [5.41, 5.74) is 0. The van der Waals surface area contributed by atoms with E-state index >= 15 is 0 Å². The maximum Gasteiger partial charge on any atom is 0.251 e. The second kappa shape index (κ2) is 4.83. The highest BCUT2D eigenvalue weighted by Gasteiger charge is 2.32. The highest BCUT2D eigenvalue weighted by Crippen LogP contribution is 2.25. The smallest absolute Gasteiger partial charge is 0.251 e. The molecule has 0 saturated carbocycles. The first-order valence-electron chi connectivity index (χ1n) is 5.91. The highest BCUT2D eigenvalue weighted by atomic mass is 16.3. The van der Waals surface area contributed by atoms with E-state index in [1.807, 2.05) is 13.8 Å². The first-order chi connectivity index (χ1) is 8.09. The summed E-state index contributed by atoms with van der Waals surface area (Å²) >= 11 is 0. The number of aromatic nitrogens is 3. The Bertz CT molecular complexity index is 377. The van der Waals surface area contributed by atoms with Crippen molar-refractivity contribution in [1.82, 2.24) is 20.1 Å². The maximum atomic E-state index is 11.9. The van der Waals surface area contributed by atoms with E-state index in [2.05, 4.69) is 15.2 Å². The predicted octanol–water partition coefficient (Wildman–Crippen LogP) is 0.137. The molecule has 2 rings (SSSR count). The molecule has 6 heteroatoms. The Morgan fingerprint density at radius 3 is 3.00 bits per heavy atom. The summed E-state index contributed by atoms with van der Waals surface area (Å²) in [5.74, 6) is 0.800. The molecule has 0 aromatic carbocycles. The predicted molar refractivity (Wildman–Crippen MR) is 61.2 cm³/mol. The summed E-state index contributed by atoms with van der Waals surface area (Å²) in [6.07, 6.45) is 1.44. The lowest BCUT2D eigenvalue weighted by atomic mass is 10.1. The third kappa shape index (κ3) is 2.46. The van der Waals surface area contributed by atoms with Crippen LogP contribution < -0.4 is 0 Å². The van der Waals surface area contributed by atoms with Gasteiger partial charge >= 0.3 is 0 Å². The normalized spacial score (nSPS) is 22.1. The van der Waals surface area contributed by atoms with E-state index in [0.29, 0.717) is 13.1 Å². The fraction of sp³-hybridized carbons (Fsp3) is 0.727. The Balaban J connectivity index is 1.96. The summed E-state index contributed by atoms with van der Waals surface area (Å²) < 4.78 is 0. The Morgan fingerprint density at radius 1 is 1.65 bits per heavy atom. The number of H-pyrrole nitrogens is 1. The van der Waals surface area contributed by atoms with Gasteiger partial charge < -0.3 is 10.0 Å². The number of amides is 1. The van der Waals surface area contributed by atoms with Crippen LogP contribution in [0.1, 0.15) is 32.0 Å². The van der Waals surface area contributed by atoms with Gasteiger partial charge in [0.25, 0.3) is 5.91 Å². The average Bonchev–Trinajstić information content (AvgIpc) is 2.96. The zero-order valence-electron chi connectivity index (χ0n) is 10.1. The highest BCUT2D eigenvalue weighted by molar-refractivity contribution is 5.81. The Hall–Kier alpha value is -1.43. The van der Waals surface area contributed by atoms with Gasteiger partial charge in [0.15, 0.2) is 0 Å². The molecular weight excluding hydrogens is 220 g/mol. The molecule has 1 unspecified atom stereocenters. The fourth-order valence-corrected chi connectivity index (χ4v) is 2.07. The second-order valence-electron chi connectivity index (χ2n) is 4.83. The maximum absolute atomic E-state index is 11.9. The first kappa shape index (κ1) is 12.0. The minimum absolute atomic E-state index is 0.0492. The van der Waals surface area contributed by atoms with Crippen molar-refractivity contribution in [2.45, 2.75) is 32.3 Å². The van der Waals surface area contributed by atoms with Crippen LogP contribution in [-0.2, 0) is 4.79 Å². The molecule has 2 N–H and O–H groups in total. The van der Waals surface area contributed by atoms with Crippen molar-refractivity contribution >= 4 is 5.91 Å². The van der Waals surface area contributed by atoms with Crippen molar-refractivity contribution in [3.63, 3.8) is 0 Å². The van der Waals surface area contributed by atoms with Crippen LogP contribution >= 0.6 is 0 Å². The molecule has 0 aliphatic carbocycles. The molecule has 1 aliphatic rings. The molecule has 1 aromatic heterocycles. The molecule has 2 atom stereocenters. The summed E-state index contributed by atoms with van der Waals surface area (Å²) in [6.45, 7) is 4.96. The summed E-state index contributed by atoms with van der Waals surface area (Å²) in [6, 6.07) is 0. The van der Waals surface area contributed by atoms with Gasteiger partial charge in [0, 0.05) is 19.0 Å². The van der Waals surface area contributed by atoms with E-state index in [1.54, 1.807) is 4.90 Å². The Morgan fingerprint density at radius 2 is 2.41 bits per heavy atom. The molecule has 1 fully saturated rings. The van der Waals surface area contributed by atoms with Gasteiger partial charge in [-0.25, -0.2) is 4.98 Å². The minimum atomic E-state index is -0.900. The topological polar surface area (TPSA) is 82.1 Å². The van der Waals surface area contributed by atoms with Gasteiger partial charge in [0.1, 0.15) is 18.3 Å². The van der Waals surface area contributed by atoms with Crippen molar-refractivity contribution in [1.29, 1.82) is 0 Å². The third-order valence-electron chi connectivity index (χ3n) is 3.20. The van der Waals surface area contributed by atoms with E-state index in [-0.39, 0.29) is 17.7 Å². The number of likely N-dealkylation sites (tertiary alicyclic amines) is 1. The van der Waals surface area contributed by atoms with Crippen LogP contribution in [0.5, 0.6) is 0 Å². The number of aliphatic hydroxyl groups excluding tert-OH is 1. The molecule has 1 saturated heterocycles.